The zero-order valence-corrected chi connectivity index (χ0v) is 11.2. The number of nitrogens with zero attached hydrogens (tertiary/aromatic N) is 2. The Morgan fingerprint density at radius 3 is 2.13 bits per heavy atom. The summed E-state index contributed by atoms with van der Waals surface area (Å²) in [7, 11) is 2.26. The summed E-state index contributed by atoms with van der Waals surface area (Å²) in [5, 5.41) is 0. The summed E-state index contributed by atoms with van der Waals surface area (Å²) in [5.74, 6) is 1.01. The van der Waals surface area contributed by atoms with Crippen molar-refractivity contribution < 1.29 is 0 Å². The molecule has 0 atom stereocenters. The Hall–Kier alpha value is -0.0800. The van der Waals surface area contributed by atoms with Crippen LogP contribution in [0, 0.1) is 5.92 Å². The van der Waals surface area contributed by atoms with E-state index in [-0.39, 0.29) is 0 Å². The molecule has 0 spiro atoms. The number of likely N-dealkylation sites (N-methyl/N-ethyl adjacent to an activating group) is 2. The Balaban J connectivity index is 2.20. The second kappa shape index (κ2) is 5.31. The van der Waals surface area contributed by atoms with Gasteiger partial charge in [0.05, 0.1) is 0 Å². The van der Waals surface area contributed by atoms with Crippen molar-refractivity contribution in [2.45, 2.75) is 46.1 Å². The second-order valence-electron chi connectivity index (χ2n) is 5.96. The minimum Gasteiger partial charge on any atom is -0.305 e. The van der Waals surface area contributed by atoms with E-state index < -0.39 is 0 Å². The fourth-order valence-corrected chi connectivity index (χ4v) is 2.09. The van der Waals surface area contributed by atoms with Gasteiger partial charge in [0.1, 0.15) is 0 Å². The van der Waals surface area contributed by atoms with Gasteiger partial charge in [0.25, 0.3) is 0 Å². The van der Waals surface area contributed by atoms with E-state index in [1.54, 1.807) is 0 Å². The lowest BCUT2D eigenvalue weighted by Gasteiger charge is -2.35. The molecule has 0 aliphatic heterocycles. The average Bonchev–Trinajstić information content (AvgIpc) is 2.86. The van der Waals surface area contributed by atoms with Crippen molar-refractivity contribution in [1.82, 2.24) is 9.80 Å². The Bertz CT molecular complexity index is 179. The third-order valence-electron chi connectivity index (χ3n) is 3.35. The summed E-state index contributed by atoms with van der Waals surface area (Å²) in [6.45, 7) is 14.0. The van der Waals surface area contributed by atoms with Crippen molar-refractivity contribution in [2.75, 3.05) is 33.2 Å². The predicted molar refractivity (Wildman–Crippen MR) is 67.2 cm³/mol. The molecule has 1 aliphatic carbocycles. The monoisotopic (exact) mass is 212 g/mol. The second-order valence-corrected chi connectivity index (χ2v) is 5.96. The molecule has 0 heterocycles. The van der Waals surface area contributed by atoms with Gasteiger partial charge in [0, 0.05) is 25.2 Å². The number of hydrogen-bond donors (Lipinski definition) is 0. The fourth-order valence-electron chi connectivity index (χ4n) is 2.09. The first-order valence-electron chi connectivity index (χ1n) is 6.37. The van der Waals surface area contributed by atoms with Crippen LogP contribution in [0.15, 0.2) is 0 Å². The summed E-state index contributed by atoms with van der Waals surface area (Å²) >= 11 is 0. The molecule has 0 N–H and O–H groups in total. The molecule has 0 aromatic carbocycles. The molecule has 2 nitrogen and oxygen atoms in total. The SMILES string of the molecule is CCN(CCN(C)CC1CC1)C(C)(C)C. The summed E-state index contributed by atoms with van der Waals surface area (Å²) in [4.78, 5) is 5.04. The minimum absolute atomic E-state index is 0.315. The highest BCUT2D eigenvalue weighted by atomic mass is 15.2. The van der Waals surface area contributed by atoms with Gasteiger partial charge in [-0.1, -0.05) is 6.92 Å². The maximum atomic E-state index is 2.55. The van der Waals surface area contributed by atoms with Gasteiger partial charge in [-0.3, -0.25) is 4.90 Å². The predicted octanol–water partition coefficient (Wildman–Crippen LogP) is 2.45. The molecule has 0 bridgehead atoms. The van der Waals surface area contributed by atoms with Crippen molar-refractivity contribution in [3.05, 3.63) is 0 Å². The van der Waals surface area contributed by atoms with Crippen LogP contribution in [-0.2, 0) is 0 Å². The molecule has 0 radical (unpaired) electrons. The lowest BCUT2D eigenvalue weighted by molar-refractivity contribution is 0.127. The molecular weight excluding hydrogens is 184 g/mol. The van der Waals surface area contributed by atoms with Gasteiger partial charge in [-0.05, 0) is 53.1 Å². The highest BCUT2D eigenvalue weighted by molar-refractivity contribution is 4.78. The molecule has 0 aromatic heterocycles. The molecule has 0 saturated heterocycles. The molecule has 1 saturated carbocycles. The van der Waals surface area contributed by atoms with Crippen molar-refractivity contribution in [2.24, 2.45) is 5.92 Å². The van der Waals surface area contributed by atoms with Gasteiger partial charge < -0.3 is 4.90 Å². The summed E-state index contributed by atoms with van der Waals surface area (Å²) in [6, 6.07) is 0. The van der Waals surface area contributed by atoms with Gasteiger partial charge in [-0.2, -0.15) is 0 Å². The van der Waals surface area contributed by atoms with E-state index in [9.17, 15) is 0 Å². The zero-order chi connectivity index (χ0) is 11.5. The topological polar surface area (TPSA) is 6.48 Å². The van der Waals surface area contributed by atoms with E-state index in [0.29, 0.717) is 5.54 Å². The van der Waals surface area contributed by atoms with Gasteiger partial charge in [0.15, 0.2) is 0 Å². The zero-order valence-electron chi connectivity index (χ0n) is 11.2. The summed E-state index contributed by atoms with van der Waals surface area (Å²) in [5.41, 5.74) is 0.315. The van der Waals surface area contributed by atoms with Gasteiger partial charge in [-0.25, -0.2) is 0 Å². The van der Waals surface area contributed by atoms with Crippen molar-refractivity contribution in [3.63, 3.8) is 0 Å². The highest BCUT2D eigenvalue weighted by Crippen LogP contribution is 2.29. The largest absolute Gasteiger partial charge is 0.305 e. The van der Waals surface area contributed by atoms with Gasteiger partial charge in [0.2, 0.25) is 0 Å². The molecule has 15 heavy (non-hydrogen) atoms. The Labute approximate surface area is 95.6 Å². The van der Waals surface area contributed by atoms with E-state index in [1.165, 1.54) is 32.5 Å². The highest BCUT2D eigenvalue weighted by Gasteiger charge is 2.24. The quantitative estimate of drug-likeness (QED) is 0.667. The summed E-state index contributed by atoms with van der Waals surface area (Å²) in [6.07, 6.45) is 2.92. The average molecular weight is 212 g/mol. The van der Waals surface area contributed by atoms with E-state index in [0.717, 1.165) is 12.5 Å². The van der Waals surface area contributed by atoms with Crippen LogP contribution in [0.25, 0.3) is 0 Å². The van der Waals surface area contributed by atoms with Crippen LogP contribution in [-0.4, -0.2) is 48.6 Å². The third kappa shape index (κ3) is 4.98. The van der Waals surface area contributed by atoms with Gasteiger partial charge >= 0.3 is 0 Å². The van der Waals surface area contributed by atoms with Crippen LogP contribution in [0.4, 0.5) is 0 Å². The van der Waals surface area contributed by atoms with Crippen LogP contribution >= 0.6 is 0 Å². The lowest BCUT2D eigenvalue weighted by Crippen LogP contribution is -2.45. The Morgan fingerprint density at radius 2 is 1.73 bits per heavy atom. The minimum atomic E-state index is 0.315. The molecule has 1 fully saturated rings. The first kappa shape index (κ1) is 13.0. The summed E-state index contributed by atoms with van der Waals surface area (Å²) < 4.78 is 0. The molecule has 2 heteroatoms. The van der Waals surface area contributed by atoms with E-state index in [2.05, 4.69) is 44.5 Å². The maximum absolute atomic E-state index is 2.55. The van der Waals surface area contributed by atoms with Crippen molar-refractivity contribution >= 4 is 0 Å². The molecular formula is C13H28N2. The van der Waals surface area contributed by atoms with Crippen LogP contribution < -0.4 is 0 Å². The first-order valence-corrected chi connectivity index (χ1v) is 6.37. The Kier molecular flexibility index (Phi) is 4.60. The van der Waals surface area contributed by atoms with E-state index in [4.69, 9.17) is 0 Å². The van der Waals surface area contributed by atoms with Crippen LogP contribution in [0.2, 0.25) is 0 Å². The molecule has 90 valence electrons. The number of rotatable bonds is 6. The number of hydrogen-bond acceptors (Lipinski definition) is 2. The standard InChI is InChI=1S/C13H28N2/c1-6-15(13(2,3)4)10-9-14(5)11-12-7-8-12/h12H,6-11H2,1-5H3. The van der Waals surface area contributed by atoms with Gasteiger partial charge in [-0.15, -0.1) is 0 Å². The van der Waals surface area contributed by atoms with E-state index in [1.807, 2.05) is 0 Å². The van der Waals surface area contributed by atoms with Crippen LogP contribution in [0.1, 0.15) is 40.5 Å². The maximum Gasteiger partial charge on any atom is 0.0125 e. The smallest absolute Gasteiger partial charge is 0.0125 e. The Morgan fingerprint density at radius 1 is 1.13 bits per heavy atom. The van der Waals surface area contributed by atoms with Crippen LogP contribution in [0.3, 0.4) is 0 Å². The molecule has 1 rings (SSSR count). The van der Waals surface area contributed by atoms with Crippen LogP contribution in [0.5, 0.6) is 0 Å². The van der Waals surface area contributed by atoms with Crippen molar-refractivity contribution in [3.8, 4) is 0 Å². The molecule has 0 amide bonds. The first-order chi connectivity index (χ1) is 6.93. The molecule has 0 unspecified atom stereocenters. The normalized spacial score (nSPS) is 17.8. The van der Waals surface area contributed by atoms with Crippen molar-refractivity contribution in [1.29, 1.82) is 0 Å². The molecule has 0 aromatic rings. The molecule has 1 aliphatic rings. The third-order valence-corrected chi connectivity index (χ3v) is 3.35. The fraction of sp³-hybridized carbons (Fsp3) is 1.00. The lowest BCUT2D eigenvalue weighted by atomic mass is 10.1. The van der Waals surface area contributed by atoms with E-state index >= 15 is 0 Å².